The molecule has 0 aliphatic rings. The zero-order valence-corrected chi connectivity index (χ0v) is 19.7. The van der Waals surface area contributed by atoms with E-state index < -0.39 is 23.7 Å². The number of amides is 2. The first-order valence-corrected chi connectivity index (χ1v) is 11.1. The van der Waals surface area contributed by atoms with Crippen LogP contribution in [0.25, 0.3) is 11.0 Å². The van der Waals surface area contributed by atoms with Crippen molar-refractivity contribution >= 4 is 28.5 Å². The molecule has 182 valence electrons. The summed E-state index contributed by atoms with van der Waals surface area (Å²) >= 11 is 0. The fraction of sp³-hybridized carbons (Fsp3) is 0.280. The van der Waals surface area contributed by atoms with Crippen LogP contribution in [0.5, 0.6) is 0 Å². The highest BCUT2D eigenvalue weighted by molar-refractivity contribution is 6.01. The molecule has 0 aliphatic carbocycles. The first-order valence-electron chi connectivity index (χ1n) is 11.1. The van der Waals surface area contributed by atoms with Gasteiger partial charge < -0.3 is 14.5 Å². The third kappa shape index (κ3) is 5.22. The molecule has 0 aliphatic heterocycles. The van der Waals surface area contributed by atoms with Crippen LogP contribution >= 0.6 is 0 Å². The molecule has 2 aromatic carbocycles. The molecule has 9 nitrogen and oxygen atoms in total. The zero-order valence-electron chi connectivity index (χ0n) is 19.7. The van der Waals surface area contributed by atoms with Gasteiger partial charge in [-0.15, -0.1) is 5.10 Å². The molecule has 2 heterocycles. The fourth-order valence-electron chi connectivity index (χ4n) is 3.75. The predicted octanol–water partition coefficient (Wildman–Crippen LogP) is 3.32. The number of nitrogens with one attached hydrogen (secondary N) is 1. The van der Waals surface area contributed by atoms with E-state index in [9.17, 15) is 14.0 Å². The average Bonchev–Trinajstić information content (AvgIpc) is 3.45. The number of carbonyl (C=O) groups excluding carboxylic acids is 2. The minimum atomic E-state index is -1.19. The number of fused-ring (bicyclic) bond motifs is 1. The Balaban J connectivity index is 1.78. The monoisotopic (exact) mass is 479 g/mol. The number of hydrogen-bond acceptors (Lipinski definition) is 6. The summed E-state index contributed by atoms with van der Waals surface area (Å²) in [6.07, 6.45) is 0. The van der Waals surface area contributed by atoms with Gasteiger partial charge in [-0.3, -0.25) is 14.5 Å². The van der Waals surface area contributed by atoms with E-state index in [-0.39, 0.29) is 31.1 Å². The van der Waals surface area contributed by atoms with E-state index >= 15 is 0 Å². The van der Waals surface area contributed by atoms with Crippen molar-refractivity contribution in [3.05, 3.63) is 77.5 Å². The lowest BCUT2D eigenvalue weighted by Crippen LogP contribution is -2.45. The number of para-hydroxylation sites is 1. The number of hydrogen-bond donors (Lipinski definition) is 1. The van der Waals surface area contributed by atoms with Crippen molar-refractivity contribution in [2.24, 2.45) is 0 Å². The van der Waals surface area contributed by atoms with Crippen LogP contribution < -0.4 is 10.2 Å². The Kier molecular flexibility index (Phi) is 7.21. The third-order valence-corrected chi connectivity index (χ3v) is 5.55. The molecule has 0 fully saturated rings. The number of anilines is 1. The molecule has 0 spiro atoms. The van der Waals surface area contributed by atoms with E-state index in [1.165, 1.54) is 22.8 Å². The van der Waals surface area contributed by atoms with Gasteiger partial charge in [0.15, 0.2) is 6.04 Å². The molecule has 0 bridgehead atoms. The van der Waals surface area contributed by atoms with Crippen molar-refractivity contribution in [1.82, 2.24) is 20.3 Å². The molecule has 0 radical (unpaired) electrons. The lowest BCUT2D eigenvalue weighted by atomic mass is 10.1. The maximum absolute atomic E-state index is 14.6. The average molecular weight is 480 g/mol. The minimum absolute atomic E-state index is 0.212. The normalized spacial score (nSPS) is 12.0. The van der Waals surface area contributed by atoms with Crippen LogP contribution in [0.4, 0.5) is 10.1 Å². The Morgan fingerprint density at radius 2 is 1.97 bits per heavy atom. The number of nitrogens with zero attached hydrogens (tertiary/aromatic N) is 4. The molecular weight excluding hydrogens is 453 g/mol. The number of ether oxygens (including phenoxy) is 1. The van der Waals surface area contributed by atoms with Gasteiger partial charge >= 0.3 is 0 Å². The van der Waals surface area contributed by atoms with Crippen LogP contribution in [0.1, 0.15) is 23.1 Å². The summed E-state index contributed by atoms with van der Waals surface area (Å²) in [5, 5.41) is 10.9. The molecule has 10 heteroatoms. The number of aromatic nitrogens is 3. The van der Waals surface area contributed by atoms with Gasteiger partial charge in [-0.25, -0.2) is 9.07 Å². The van der Waals surface area contributed by atoms with Gasteiger partial charge in [0.1, 0.15) is 29.4 Å². The Morgan fingerprint density at radius 1 is 1.17 bits per heavy atom. The number of benzene rings is 2. The number of halogens is 1. The van der Waals surface area contributed by atoms with Crippen LogP contribution in [0, 0.1) is 19.7 Å². The number of furan rings is 1. The van der Waals surface area contributed by atoms with Gasteiger partial charge in [-0.1, -0.05) is 23.4 Å². The standard InChI is InChI=1S/C25H26FN5O4/c1-16-8-10-18(14-19(16)26)31(23(32)15-30-21-7-5-4-6-20(21)28-29-30)24(22-11-9-17(2)35-22)25(33)27-12-13-34-3/h4-11,14,24H,12-13,15H2,1-3H3,(H,27,33). The Hall–Kier alpha value is -4.05. The highest BCUT2D eigenvalue weighted by Gasteiger charge is 2.35. The SMILES string of the molecule is COCCNC(=O)C(c1ccc(C)o1)N(C(=O)Cn1nnc2ccccc21)c1ccc(C)c(F)c1. The minimum Gasteiger partial charge on any atom is -0.464 e. The van der Waals surface area contributed by atoms with E-state index in [0.717, 1.165) is 0 Å². The maximum atomic E-state index is 14.6. The predicted molar refractivity (Wildman–Crippen MR) is 127 cm³/mol. The molecule has 35 heavy (non-hydrogen) atoms. The van der Waals surface area contributed by atoms with Gasteiger partial charge in [0, 0.05) is 19.3 Å². The highest BCUT2D eigenvalue weighted by atomic mass is 19.1. The van der Waals surface area contributed by atoms with Gasteiger partial charge in [0.05, 0.1) is 12.1 Å². The number of rotatable bonds is 9. The summed E-state index contributed by atoms with van der Waals surface area (Å²) in [5.41, 5.74) is 1.91. The first-order chi connectivity index (χ1) is 16.9. The van der Waals surface area contributed by atoms with E-state index in [0.29, 0.717) is 22.4 Å². The lowest BCUT2D eigenvalue weighted by Gasteiger charge is -2.30. The van der Waals surface area contributed by atoms with Gasteiger partial charge in [0.2, 0.25) is 5.91 Å². The van der Waals surface area contributed by atoms with Crippen molar-refractivity contribution < 1.29 is 23.1 Å². The van der Waals surface area contributed by atoms with Crippen molar-refractivity contribution in [2.45, 2.75) is 26.4 Å². The molecule has 2 aromatic heterocycles. The van der Waals surface area contributed by atoms with Crippen LogP contribution in [-0.2, 0) is 20.9 Å². The fourth-order valence-corrected chi connectivity index (χ4v) is 3.75. The van der Waals surface area contributed by atoms with E-state index in [4.69, 9.17) is 9.15 Å². The number of carbonyl (C=O) groups is 2. The number of aryl methyl sites for hydroxylation is 2. The summed E-state index contributed by atoms with van der Waals surface area (Å²) in [6.45, 7) is 3.65. The second-order valence-electron chi connectivity index (χ2n) is 8.07. The van der Waals surface area contributed by atoms with Crippen molar-refractivity contribution in [2.75, 3.05) is 25.2 Å². The topological polar surface area (TPSA) is 102 Å². The van der Waals surface area contributed by atoms with E-state index in [1.807, 2.05) is 12.1 Å². The number of methoxy groups -OCH3 is 1. The van der Waals surface area contributed by atoms with Crippen molar-refractivity contribution in [3.8, 4) is 0 Å². The zero-order chi connectivity index (χ0) is 24.9. The van der Waals surface area contributed by atoms with Gasteiger partial charge in [-0.2, -0.15) is 0 Å². The summed E-state index contributed by atoms with van der Waals surface area (Å²) in [5.74, 6) is -0.672. The van der Waals surface area contributed by atoms with Crippen LogP contribution in [-0.4, -0.2) is 47.1 Å². The van der Waals surface area contributed by atoms with Crippen LogP contribution in [0.3, 0.4) is 0 Å². The molecular formula is C25H26FN5O4. The summed E-state index contributed by atoms with van der Waals surface area (Å²) < 4.78 is 26.8. The van der Waals surface area contributed by atoms with Crippen molar-refractivity contribution in [3.63, 3.8) is 0 Å². The second-order valence-corrected chi connectivity index (χ2v) is 8.07. The highest BCUT2D eigenvalue weighted by Crippen LogP contribution is 2.31. The Bertz CT molecular complexity index is 1350. The largest absolute Gasteiger partial charge is 0.464 e. The first kappa shape index (κ1) is 24.1. The lowest BCUT2D eigenvalue weighted by molar-refractivity contribution is -0.127. The smallest absolute Gasteiger partial charge is 0.251 e. The van der Waals surface area contributed by atoms with Crippen LogP contribution in [0.15, 0.2) is 59.0 Å². The Labute approximate surface area is 201 Å². The van der Waals surface area contributed by atoms with Gasteiger partial charge in [-0.05, 0) is 55.8 Å². The van der Waals surface area contributed by atoms with E-state index in [1.54, 1.807) is 50.2 Å². The summed E-state index contributed by atoms with van der Waals surface area (Å²) in [4.78, 5) is 28.4. The molecule has 4 rings (SSSR count). The molecule has 1 atom stereocenters. The summed E-state index contributed by atoms with van der Waals surface area (Å²) in [7, 11) is 1.52. The third-order valence-electron chi connectivity index (χ3n) is 5.55. The van der Waals surface area contributed by atoms with Crippen molar-refractivity contribution in [1.29, 1.82) is 0 Å². The molecule has 0 saturated carbocycles. The van der Waals surface area contributed by atoms with Gasteiger partial charge in [0.25, 0.3) is 5.91 Å². The molecule has 0 saturated heterocycles. The maximum Gasteiger partial charge on any atom is 0.251 e. The molecule has 2 amide bonds. The molecule has 4 aromatic rings. The molecule has 1 N–H and O–H groups in total. The quantitative estimate of drug-likeness (QED) is 0.370. The summed E-state index contributed by atoms with van der Waals surface area (Å²) in [6, 6.07) is 13.8. The second kappa shape index (κ2) is 10.5. The molecule has 1 unspecified atom stereocenters. The Morgan fingerprint density at radius 3 is 2.69 bits per heavy atom. The van der Waals surface area contributed by atoms with E-state index in [2.05, 4.69) is 15.6 Å². The van der Waals surface area contributed by atoms with Crippen LogP contribution in [0.2, 0.25) is 0 Å².